The smallest absolute Gasteiger partial charge is 0.269 e. The van der Waals surface area contributed by atoms with Crippen molar-refractivity contribution in [2.75, 3.05) is 47.2 Å². The molecule has 2 aliphatic heterocycles. The van der Waals surface area contributed by atoms with E-state index >= 15 is 0 Å². The van der Waals surface area contributed by atoms with Crippen LogP contribution in [0.5, 0.6) is 5.75 Å². The first-order valence-corrected chi connectivity index (χ1v) is 11.5. The van der Waals surface area contributed by atoms with Crippen molar-refractivity contribution in [2.24, 2.45) is 0 Å². The van der Waals surface area contributed by atoms with Gasteiger partial charge in [-0.3, -0.25) is 4.79 Å². The minimum Gasteiger partial charge on any atom is -0.474 e. The van der Waals surface area contributed by atoms with Crippen LogP contribution in [0.1, 0.15) is 13.8 Å². The number of ether oxygens (including phenoxy) is 2. The van der Waals surface area contributed by atoms with Crippen LogP contribution in [0, 0.1) is 5.82 Å². The number of morpholine rings is 1. The first kappa shape index (κ1) is 23.7. The first-order valence-electron chi connectivity index (χ1n) is 11.5. The van der Waals surface area contributed by atoms with Crippen molar-refractivity contribution < 1.29 is 23.8 Å². The van der Waals surface area contributed by atoms with Gasteiger partial charge in [-0.2, -0.15) is 4.98 Å². The summed E-state index contributed by atoms with van der Waals surface area (Å²) >= 11 is 0. The number of fused-ring (bicyclic) bond motifs is 1. The van der Waals surface area contributed by atoms with Crippen molar-refractivity contribution in [1.82, 2.24) is 15.0 Å². The van der Waals surface area contributed by atoms with Gasteiger partial charge in [0.15, 0.2) is 28.8 Å². The molecule has 0 aliphatic carbocycles. The second-order valence-electron chi connectivity index (χ2n) is 8.92. The summed E-state index contributed by atoms with van der Waals surface area (Å²) in [5.41, 5.74) is 0.714. The van der Waals surface area contributed by atoms with E-state index in [0.29, 0.717) is 18.9 Å². The maximum Gasteiger partial charge on any atom is 0.269 e. The van der Waals surface area contributed by atoms with E-state index in [2.05, 4.69) is 35.8 Å². The van der Waals surface area contributed by atoms with Crippen molar-refractivity contribution in [2.45, 2.75) is 25.6 Å². The molecule has 1 amide bonds. The number of aliphatic hydroxyl groups excluding tert-OH is 1. The predicted octanol–water partition coefficient (Wildman–Crippen LogP) is 2.80. The molecule has 5 rings (SSSR count). The molecule has 2 aromatic heterocycles. The lowest BCUT2D eigenvalue weighted by Gasteiger charge is -2.33. The molecule has 3 aromatic rings. The van der Waals surface area contributed by atoms with Gasteiger partial charge >= 0.3 is 0 Å². The lowest BCUT2D eigenvalue weighted by Crippen LogP contribution is -2.46. The molecule has 11 nitrogen and oxygen atoms in total. The zero-order valence-electron chi connectivity index (χ0n) is 19.8. The van der Waals surface area contributed by atoms with E-state index in [1.165, 1.54) is 0 Å². The van der Waals surface area contributed by atoms with E-state index in [0.717, 1.165) is 24.1 Å². The number of benzene rings is 1. The number of anilines is 6. The fourth-order valence-electron chi connectivity index (χ4n) is 3.85. The molecule has 1 saturated heterocycles. The van der Waals surface area contributed by atoms with Gasteiger partial charge in [0.2, 0.25) is 5.95 Å². The molecule has 0 spiro atoms. The van der Waals surface area contributed by atoms with Crippen molar-refractivity contribution >= 4 is 40.7 Å². The van der Waals surface area contributed by atoms with Crippen LogP contribution in [0.25, 0.3) is 0 Å². The number of carbonyl (C=O) groups is 1. The maximum atomic E-state index is 14.4. The molecule has 12 heteroatoms. The number of halogens is 1. The van der Waals surface area contributed by atoms with Crippen LogP contribution in [0.2, 0.25) is 0 Å². The lowest BCUT2D eigenvalue weighted by molar-refractivity contribution is -0.129. The summed E-state index contributed by atoms with van der Waals surface area (Å²) in [7, 11) is 0. The zero-order chi connectivity index (χ0) is 25.3. The Hall–Kier alpha value is -4.03. The van der Waals surface area contributed by atoms with Crippen molar-refractivity contribution in [3.63, 3.8) is 0 Å². The molecule has 1 aromatic carbocycles. The quantitative estimate of drug-likeness (QED) is 0.404. The number of hydrogen-bond acceptors (Lipinski definition) is 10. The van der Waals surface area contributed by atoms with Crippen LogP contribution in [0.15, 0.2) is 42.6 Å². The Kier molecular flexibility index (Phi) is 6.29. The van der Waals surface area contributed by atoms with Crippen molar-refractivity contribution in [3.8, 4) is 5.75 Å². The number of aromatic nitrogens is 3. The van der Waals surface area contributed by atoms with Crippen LogP contribution in [-0.4, -0.2) is 64.0 Å². The van der Waals surface area contributed by atoms with Gasteiger partial charge in [-0.15, -0.1) is 0 Å². The van der Waals surface area contributed by atoms with Crippen LogP contribution in [-0.2, 0) is 9.53 Å². The molecule has 36 heavy (non-hydrogen) atoms. The van der Waals surface area contributed by atoms with Crippen molar-refractivity contribution in [1.29, 1.82) is 0 Å². The number of hydrogen-bond donors (Lipinski definition) is 4. The summed E-state index contributed by atoms with van der Waals surface area (Å²) in [6.07, 6.45) is 0.857. The van der Waals surface area contributed by atoms with Crippen LogP contribution in [0.3, 0.4) is 0 Å². The van der Waals surface area contributed by atoms with Gasteiger partial charge < -0.3 is 35.4 Å². The van der Waals surface area contributed by atoms with E-state index in [-0.39, 0.29) is 42.0 Å². The molecule has 188 valence electrons. The number of nitrogens with one attached hydrogen (secondary N) is 3. The normalized spacial score (nSPS) is 18.6. The predicted molar refractivity (Wildman–Crippen MR) is 132 cm³/mol. The Morgan fingerprint density at radius 3 is 2.78 bits per heavy atom. The molecule has 0 radical (unpaired) electrons. The highest BCUT2D eigenvalue weighted by molar-refractivity contribution is 5.99. The van der Waals surface area contributed by atoms with Gasteiger partial charge in [0.1, 0.15) is 5.82 Å². The van der Waals surface area contributed by atoms with Crippen molar-refractivity contribution in [3.05, 3.63) is 48.4 Å². The Bertz CT molecular complexity index is 1270. The van der Waals surface area contributed by atoms with Gasteiger partial charge in [-0.25, -0.2) is 14.4 Å². The third-order valence-electron chi connectivity index (χ3n) is 5.82. The molecule has 1 fully saturated rings. The second kappa shape index (κ2) is 9.55. The number of rotatable bonds is 6. The maximum absolute atomic E-state index is 14.4. The number of pyridine rings is 1. The minimum atomic E-state index is -1.01. The summed E-state index contributed by atoms with van der Waals surface area (Å²) in [5.74, 6) is 0.0515. The Morgan fingerprint density at radius 1 is 1.19 bits per heavy atom. The highest BCUT2D eigenvalue weighted by atomic mass is 19.1. The third kappa shape index (κ3) is 4.99. The first-order chi connectivity index (χ1) is 17.3. The lowest BCUT2D eigenvalue weighted by atomic mass is 10.1. The molecule has 4 N–H and O–H groups in total. The molecule has 4 heterocycles. The Balaban J connectivity index is 1.28. The number of nitrogens with zero attached hydrogens (tertiary/aromatic N) is 4. The molecular formula is C24H26FN7O4. The van der Waals surface area contributed by atoms with Crippen LogP contribution < -0.4 is 25.6 Å². The fourth-order valence-corrected chi connectivity index (χ4v) is 3.85. The highest BCUT2D eigenvalue weighted by Crippen LogP contribution is 2.33. The van der Waals surface area contributed by atoms with Gasteiger partial charge in [0.25, 0.3) is 5.91 Å². The average molecular weight is 496 g/mol. The van der Waals surface area contributed by atoms with Gasteiger partial charge in [-0.1, -0.05) is 0 Å². The zero-order valence-corrected chi connectivity index (χ0v) is 19.8. The molecule has 0 saturated carbocycles. The summed E-state index contributed by atoms with van der Waals surface area (Å²) in [6, 6.07) is 10.9. The van der Waals surface area contributed by atoms with Crippen LogP contribution in [0.4, 0.5) is 39.2 Å². The SMILES string of the molecule is CC1(C)Oc2ccc(Nc3nc(Nc4ccc(N5CCO[C@@H](CO)C5)cc4)ncc3F)nc2NC1=O. The van der Waals surface area contributed by atoms with Gasteiger partial charge in [0.05, 0.1) is 25.5 Å². The molecule has 0 bridgehead atoms. The second-order valence-corrected chi connectivity index (χ2v) is 8.92. The fraction of sp³-hybridized carbons (Fsp3) is 0.333. The number of aliphatic hydroxyl groups is 1. The summed E-state index contributed by atoms with van der Waals surface area (Å²) < 4.78 is 25.6. The van der Waals surface area contributed by atoms with E-state index in [1.54, 1.807) is 26.0 Å². The monoisotopic (exact) mass is 495 g/mol. The average Bonchev–Trinajstić information content (AvgIpc) is 2.87. The minimum absolute atomic E-state index is 0.0179. The topological polar surface area (TPSA) is 134 Å². The summed E-state index contributed by atoms with van der Waals surface area (Å²) in [5, 5.41) is 17.9. The van der Waals surface area contributed by atoms with E-state index in [4.69, 9.17) is 9.47 Å². The van der Waals surface area contributed by atoms with Gasteiger partial charge in [-0.05, 0) is 50.2 Å². The largest absolute Gasteiger partial charge is 0.474 e. The number of carbonyl (C=O) groups excluding carboxylic acids is 1. The number of amides is 1. The Labute approximate surface area is 206 Å². The van der Waals surface area contributed by atoms with E-state index < -0.39 is 11.4 Å². The third-order valence-corrected chi connectivity index (χ3v) is 5.82. The Morgan fingerprint density at radius 2 is 2.00 bits per heavy atom. The van der Waals surface area contributed by atoms with Gasteiger partial charge in [0, 0.05) is 24.5 Å². The van der Waals surface area contributed by atoms with E-state index in [1.807, 2.05) is 24.3 Å². The standard InChI is InChI=1S/C24H26FN7O4/c1-24(2)22(34)30-21-18(36-24)7-8-19(29-21)28-20-17(25)11-26-23(31-20)27-14-3-5-15(6-4-14)32-9-10-35-16(12-32)13-33/h3-8,11,16,33H,9-10,12-13H2,1-2H3,(H3,26,27,28,29,30,31,34)/t16-/m1/s1. The molecule has 2 aliphatic rings. The molecule has 0 unspecified atom stereocenters. The summed E-state index contributed by atoms with van der Waals surface area (Å²) in [4.78, 5) is 26.8. The molecule has 1 atom stereocenters. The van der Waals surface area contributed by atoms with Crippen LogP contribution >= 0.6 is 0 Å². The summed E-state index contributed by atoms with van der Waals surface area (Å²) in [6.45, 7) is 5.21. The molecular weight excluding hydrogens is 469 g/mol. The van der Waals surface area contributed by atoms with E-state index in [9.17, 15) is 14.3 Å². The highest BCUT2D eigenvalue weighted by Gasteiger charge is 2.36.